The van der Waals surface area contributed by atoms with Crippen molar-refractivity contribution in [3.05, 3.63) is 39.3 Å². The Morgan fingerprint density at radius 1 is 1.35 bits per heavy atom. The van der Waals surface area contributed by atoms with Gasteiger partial charge >= 0.3 is 0 Å². The molecule has 1 aromatic carbocycles. The summed E-state index contributed by atoms with van der Waals surface area (Å²) in [4.78, 5) is 2.44. The molecule has 0 aromatic heterocycles. The van der Waals surface area contributed by atoms with E-state index in [0.29, 0.717) is 5.75 Å². The number of aromatic hydroxyl groups is 1. The van der Waals surface area contributed by atoms with Crippen LogP contribution in [-0.2, 0) is 0 Å². The van der Waals surface area contributed by atoms with Gasteiger partial charge in [0.2, 0.25) is 0 Å². The predicted molar refractivity (Wildman–Crippen MR) is 90.1 cm³/mol. The van der Waals surface area contributed by atoms with Crippen LogP contribution in [0.2, 0.25) is 0 Å². The summed E-state index contributed by atoms with van der Waals surface area (Å²) in [7, 11) is 0. The Labute approximate surface area is 137 Å². The van der Waals surface area contributed by atoms with E-state index in [2.05, 4.69) is 48.7 Å². The third-order valence-electron chi connectivity index (χ3n) is 3.65. The van der Waals surface area contributed by atoms with Gasteiger partial charge in [0.15, 0.2) is 0 Å². The Bertz CT molecular complexity index is 473. The molecule has 1 aliphatic heterocycles. The second kappa shape index (κ2) is 7.59. The highest BCUT2D eigenvalue weighted by Gasteiger charge is 2.25. The van der Waals surface area contributed by atoms with Gasteiger partial charge in [0.05, 0.1) is 4.47 Å². The fourth-order valence-corrected chi connectivity index (χ4v) is 3.90. The van der Waals surface area contributed by atoms with Crippen molar-refractivity contribution in [3.8, 4) is 5.75 Å². The molecule has 5 heteroatoms. The van der Waals surface area contributed by atoms with Gasteiger partial charge in [0, 0.05) is 42.3 Å². The molecule has 1 heterocycles. The molecule has 0 amide bonds. The van der Waals surface area contributed by atoms with Crippen LogP contribution >= 0.6 is 31.9 Å². The molecular formula is C15H20Br2N2O. The molecule has 2 N–H and O–H groups in total. The third-order valence-corrected chi connectivity index (χ3v) is 4.72. The lowest BCUT2D eigenvalue weighted by Gasteiger charge is -2.35. The molecule has 1 aromatic rings. The zero-order valence-electron chi connectivity index (χ0n) is 11.4. The first-order chi connectivity index (χ1) is 9.63. The van der Waals surface area contributed by atoms with Crippen LogP contribution in [0.25, 0.3) is 0 Å². The SMILES string of the molecule is C=CCC[C@H](c1cc(Br)cc(Br)c1O)N1CCNCC1. The minimum Gasteiger partial charge on any atom is -0.506 e. The molecule has 1 atom stereocenters. The fourth-order valence-electron chi connectivity index (χ4n) is 2.64. The Kier molecular flexibility index (Phi) is 6.08. The van der Waals surface area contributed by atoms with Crippen LogP contribution in [0, 0.1) is 0 Å². The zero-order chi connectivity index (χ0) is 14.5. The van der Waals surface area contributed by atoms with Gasteiger partial charge in [-0.1, -0.05) is 22.0 Å². The van der Waals surface area contributed by atoms with Gasteiger partial charge in [0.1, 0.15) is 5.75 Å². The van der Waals surface area contributed by atoms with Gasteiger partial charge in [0.25, 0.3) is 0 Å². The van der Waals surface area contributed by atoms with E-state index >= 15 is 0 Å². The van der Waals surface area contributed by atoms with Crippen molar-refractivity contribution < 1.29 is 5.11 Å². The fraction of sp³-hybridized carbons (Fsp3) is 0.467. The number of rotatable bonds is 5. The van der Waals surface area contributed by atoms with Crippen molar-refractivity contribution in [2.24, 2.45) is 0 Å². The van der Waals surface area contributed by atoms with Gasteiger partial charge in [-0.25, -0.2) is 0 Å². The molecule has 0 spiro atoms. The maximum Gasteiger partial charge on any atom is 0.134 e. The van der Waals surface area contributed by atoms with E-state index in [1.54, 1.807) is 0 Å². The number of hydrogen-bond donors (Lipinski definition) is 2. The van der Waals surface area contributed by atoms with Crippen LogP contribution in [0.4, 0.5) is 0 Å². The summed E-state index contributed by atoms with van der Waals surface area (Å²) in [5.41, 5.74) is 0.981. The Hall–Kier alpha value is -0.360. The quantitative estimate of drug-likeness (QED) is 0.733. The Morgan fingerprint density at radius 2 is 2.05 bits per heavy atom. The van der Waals surface area contributed by atoms with Gasteiger partial charge in [-0.3, -0.25) is 4.90 Å². The van der Waals surface area contributed by atoms with Gasteiger partial charge in [-0.05, 0) is 40.9 Å². The summed E-state index contributed by atoms with van der Waals surface area (Å²) in [5, 5.41) is 13.8. The van der Waals surface area contributed by atoms with E-state index in [4.69, 9.17) is 0 Å². The second-order valence-corrected chi connectivity index (χ2v) is 6.76. The minimum absolute atomic E-state index is 0.226. The van der Waals surface area contributed by atoms with Crippen molar-refractivity contribution in [2.45, 2.75) is 18.9 Å². The summed E-state index contributed by atoms with van der Waals surface area (Å²) in [5.74, 6) is 0.348. The molecule has 1 saturated heterocycles. The van der Waals surface area contributed by atoms with Crippen LogP contribution in [0.1, 0.15) is 24.4 Å². The van der Waals surface area contributed by atoms with E-state index in [9.17, 15) is 5.11 Å². The monoisotopic (exact) mass is 402 g/mol. The maximum absolute atomic E-state index is 10.4. The zero-order valence-corrected chi connectivity index (χ0v) is 14.6. The standard InChI is InChI=1S/C15H20Br2N2O/c1-2-3-4-14(19-7-5-18-6-8-19)12-9-11(16)10-13(17)15(12)20/h2,9-10,14,18,20H,1,3-8H2/t14-/m1/s1. The number of halogens is 2. The molecular weight excluding hydrogens is 384 g/mol. The van der Waals surface area contributed by atoms with Gasteiger partial charge in [-0.2, -0.15) is 0 Å². The molecule has 110 valence electrons. The van der Waals surface area contributed by atoms with Crippen LogP contribution in [0.3, 0.4) is 0 Å². The first-order valence-corrected chi connectivity index (χ1v) is 8.45. The molecule has 20 heavy (non-hydrogen) atoms. The van der Waals surface area contributed by atoms with Gasteiger partial charge < -0.3 is 10.4 Å². The summed E-state index contributed by atoms with van der Waals surface area (Å²) in [6.45, 7) is 7.83. The lowest BCUT2D eigenvalue weighted by molar-refractivity contribution is 0.163. The number of benzene rings is 1. The summed E-state index contributed by atoms with van der Waals surface area (Å²) >= 11 is 6.94. The van der Waals surface area contributed by atoms with Crippen LogP contribution in [0.15, 0.2) is 33.7 Å². The van der Waals surface area contributed by atoms with E-state index in [0.717, 1.165) is 53.5 Å². The smallest absolute Gasteiger partial charge is 0.134 e. The average Bonchev–Trinajstić information content (AvgIpc) is 2.45. The predicted octanol–water partition coefficient (Wildman–Crippen LogP) is 3.83. The first-order valence-electron chi connectivity index (χ1n) is 6.87. The lowest BCUT2D eigenvalue weighted by Crippen LogP contribution is -2.45. The largest absolute Gasteiger partial charge is 0.506 e. The normalized spacial score (nSPS) is 17.9. The third kappa shape index (κ3) is 3.85. The van der Waals surface area contributed by atoms with Crippen LogP contribution < -0.4 is 5.32 Å². The van der Waals surface area contributed by atoms with E-state index in [1.165, 1.54) is 0 Å². The molecule has 1 fully saturated rings. The van der Waals surface area contributed by atoms with Crippen LogP contribution in [-0.4, -0.2) is 36.2 Å². The summed E-state index contributed by atoms with van der Waals surface area (Å²) in [6.07, 6.45) is 3.86. The number of phenolic OH excluding ortho intramolecular Hbond substituents is 1. The highest BCUT2D eigenvalue weighted by Crippen LogP contribution is 2.39. The Balaban J connectivity index is 2.31. The van der Waals surface area contributed by atoms with Crippen molar-refractivity contribution in [1.82, 2.24) is 10.2 Å². The molecule has 0 bridgehead atoms. The first kappa shape index (κ1) is 16.0. The molecule has 0 unspecified atom stereocenters. The Morgan fingerprint density at radius 3 is 2.70 bits per heavy atom. The van der Waals surface area contributed by atoms with Crippen molar-refractivity contribution >= 4 is 31.9 Å². The highest BCUT2D eigenvalue weighted by molar-refractivity contribution is 9.11. The van der Waals surface area contributed by atoms with Crippen molar-refractivity contribution in [1.29, 1.82) is 0 Å². The number of nitrogens with zero attached hydrogens (tertiary/aromatic N) is 1. The topological polar surface area (TPSA) is 35.5 Å². The van der Waals surface area contributed by atoms with E-state index < -0.39 is 0 Å². The number of piperazine rings is 1. The van der Waals surface area contributed by atoms with Gasteiger partial charge in [-0.15, -0.1) is 6.58 Å². The average molecular weight is 404 g/mol. The number of nitrogens with one attached hydrogen (secondary N) is 1. The molecule has 0 radical (unpaired) electrons. The number of allylic oxidation sites excluding steroid dienone is 1. The lowest BCUT2D eigenvalue weighted by atomic mass is 9.98. The highest BCUT2D eigenvalue weighted by atomic mass is 79.9. The van der Waals surface area contributed by atoms with Crippen molar-refractivity contribution in [2.75, 3.05) is 26.2 Å². The van der Waals surface area contributed by atoms with E-state index in [1.807, 2.05) is 18.2 Å². The maximum atomic E-state index is 10.4. The summed E-state index contributed by atoms with van der Waals surface area (Å²) < 4.78 is 1.72. The molecule has 0 aliphatic carbocycles. The number of phenols is 1. The van der Waals surface area contributed by atoms with Crippen molar-refractivity contribution in [3.63, 3.8) is 0 Å². The number of hydrogen-bond acceptors (Lipinski definition) is 3. The molecule has 1 aliphatic rings. The van der Waals surface area contributed by atoms with Crippen LogP contribution in [0.5, 0.6) is 5.75 Å². The summed E-state index contributed by atoms with van der Waals surface area (Å²) in [6, 6.07) is 4.13. The second-order valence-electron chi connectivity index (χ2n) is 4.99. The minimum atomic E-state index is 0.226. The molecule has 2 rings (SSSR count). The van der Waals surface area contributed by atoms with E-state index in [-0.39, 0.29) is 6.04 Å². The molecule has 3 nitrogen and oxygen atoms in total. The molecule has 0 saturated carbocycles.